The van der Waals surface area contributed by atoms with Crippen LogP contribution in [-0.2, 0) is 11.2 Å². The van der Waals surface area contributed by atoms with E-state index in [2.05, 4.69) is 10.6 Å². The number of carbonyl (C=O) groups is 2. The van der Waals surface area contributed by atoms with E-state index in [9.17, 15) is 9.59 Å². The van der Waals surface area contributed by atoms with E-state index in [0.717, 1.165) is 11.1 Å². The second-order valence-corrected chi connectivity index (χ2v) is 6.73. The molecule has 5 nitrogen and oxygen atoms in total. The molecule has 3 rings (SSSR count). The second kappa shape index (κ2) is 10.1. The number of hydrogen-bond acceptors (Lipinski definition) is 3. The highest BCUT2D eigenvalue weighted by Crippen LogP contribution is 2.13. The molecule has 148 valence electrons. The van der Waals surface area contributed by atoms with Crippen LogP contribution in [0.4, 0.5) is 4.79 Å². The molecule has 0 aliphatic rings. The molecule has 0 aliphatic carbocycles. The highest BCUT2D eigenvalue weighted by Gasteiger charge is 2.24. The lowest BCUT2D eigenvalue weighted by Gasteiger charge is -2.21. The third-order valence-corrected chi connectivity index (χ3v) is 4.50. The Morgan fingerprint density at radius 1 is 0.793 bits per heavy atom. The van der Waals surface area contributed by atoms with Crippen LogP contribution in [0.25, 0.3) is 0 Å². The zero-order valence-electron chi connectivity index (χ0n) is 16.2. The summed E-state index contributed by atoms with van der Waals surface area (Å²) in [6.45, 7) is 1.91. The number of ether oxygens (including phenoxy) is 1. The van der Waals surface area contributed by atoms with Gasteiger partial charge in [-0.3, -0.25) is 4.79 Å². The molecule has 0 radical (unpaired) electrons. The maximum absolute atomic E-state index is 12.9. The van der Waals surface area contributed by atoms with Gasteiger partial charge in [0.25, 0.3) is 0 Å². The van der Waals surface area contributed by atoms with Gasteiger partial charge in [0.05, 0.1) is 6.04 Å². The van der Waals surface area contributed by atoms with Gasteiger partial charge in [-0.25, -0.2) is 4.79 Å². The summed E-state index contributed by atoms with van der Waals surface area (Å²) in [6, 6.07) is 27.0. The Morgan fingerprint density at radius 2 is 1.34 bits per heavy atom. The highest BCUT2D eigenvalue weighted by molar-refractivity contribution is 5.86. The first-order valence-electron chi connectivity index (χ1n) is 9.54. The third-order valence-electron chi connectivity index (χ3n) is 4.50. The number of rotatable bonds is 7. The molecule has 5 heteroatoms. The van der Waals surface area contributed by atoms with Gasteiger partial charge in [-0.2, -0.15) is 0 Å². The molecule has 3 aromatic carbocycles. The van der Waals surface area contributed by atoms with Gasteiger partial charge in [0.2, 0.25) is 5.91 Å². The summed E-state index contributed by atoms with van der Waals surface area (Å²) in [4.78, 5) is 25.3. The molecule has 2 atom stereocenters. The Balaban J connectivity index is 1.69. The SMILES string of the molecule is C[C@@H](NC(=O)[C@H](Cc1ccccc1)NC(=O)Oc1ccccc1)c1ccccc1. The van der Waals surface area contributed by atoms with Crippen LogP contribution in [0.3, 0.4) is 0 Å². The molecule has 0 unspecified atom stereocenters. The van der Waals surface area contributed by atoms with Crippen LogP contribution in [0.5, 0.6) is 5.75 Å². The second-order valence-electron chi connectivity index (χ2n) is 6.73. The molecule has 2 amide bonds. The summed E-state index contributed by atoms with van der Waals surface area (Å²) in [7, 11) is 0. The predicted molar refractivity (Wildman–Crippen MR) is 113 cm³/mol. The van der Waals surface area contributed by atoms with E-state index in [1.165, 1.54) is 0 Å². The fourth-order valence-electron chi connectivity index (χ4n) is 2.97. The van der Waals surface area contributed by atoms with E-state index < -0.39 is 12.1 Å². The third kappa shape index (κ3) is 6.21. The Bertz CT molecular complexity index is 915. The van der Waals surface area contributed by atoms with Crippen LogP contribution < -0.4 is 15.4 Å². The number of amides is 2. The normalized spacial score (nSPS) is 12.4. The van der Waals surface area contributed by atoms with Crippen molar-refractivity contribution >= 4 is 12.0 Å². The first-order valence-corrected chi connectivity index (χ1v) is 9.54. The van der Waals surface area contributed by atoms with Crippen molar-refractivity contribution in [3.8, 4) is 5.75 Å². The van der Waals surface area contributed by atoms with Crippen LogP contribution in [-0.4, -0.2) is 18.0 Å². The van der Waals surface area contributed by atoms with Gasteiger partial charge in [-0.15, -0.1) is 0 Å². The molecule has 0 bridgehead atoms. The zero-order valence-corrected chi connectivity index (χ0v) is 16.2. The average molecular weight is 388 g/mol. The molecular weight excluding hydrogens is 364 g/mol. The van der Waals surface area contributed by atoms with Gasteiger partial charge >= 0.3 is 6.09 Å². The van der Waals surface area contributed by atoms with Crippen molar-refractivity contribution in [3.05, 3.63) is 102 Å². The van der Waals surface area contributed by atoms with Crippen molar-refractivity contribution in [3.63, 3.8) is 0 Å². The minimum atomic E-state index is -0.764. The number of nitrogens with one attached hydrogen (secondary N) is 2. The lowest BCUT2D eigenvalue weighted by molar-refractivity contribution is -0.123. The van der Waals surface area contributed by atoms with Crippen molar-refractivity contribution < 1.29 is 14.3 Å². The Morgan fingerprint density at radius 3 is 1.97 bits per heavy atom. The number of para-hydroxylation sites is 1. The first-order chi connectivity index (χ1) is 14.1. The zero-order chi connectivity index (χ0) is 20.5. The topological polar surface area (TPSA) is 67.4 Å². The van der Waals surface area contributed by atoms with Crippen molar-refractivity contribution in [2.75, 3.05) is 0 Å². The van der Waals surface area contributed by atoms with E-state index in [-0.39, 0.29) is 11.9 Å². The quantitative estimate of drug-likeness (QED) is 0.635. The van der Waals surface area contributed by atoms with Gasteiger partial charge in [0.15, 0.2) is 0 Å². The molecule has 0 aromatic heterocycles. The molecule has 0 saturated heterocycles. The molecule has 0 spiro atoms. The monoisotopic (exact) mass is 388 g/mol. The standard InChI is InChI=1S/C24H24N2O3/c1-18(20-13-7-3-8-14-20)25-23(27)22(17-19-11-5-2-6-12-19)26-24(28)29-21-15-9-4-10-16-21/h2-16,18,22H,17H2,1H3,(H,25,27)(H,26,28)/t18-,22+/m1/s1. The smallest absolute Gasteiger partial charge is 0.410 e. The van der Waals surface area contributed by atoms with Gasteiger partial charge in [-0.05, 0) is 30.2 Å². The van der Waals surface area contributed by atoms with Crippen LogP contribution >= 0.6 is 0 Å². The van der Waals surface area contributed by atoms with E-state index in [4.69, 9.17) is 4.74 Å². The Labute approximate surface area is 170 Å². The van der Waals surface area contributed by atoms with E-state index in [1.807, 2.05) is 73.7 Å². The Hall–Kier alpha value is -3.60. The van der Waals surface area contributed by atoms with E-state index >= 15 is 0 Å². The summed E-state index contributed by atoms with van der Waals surface area (Å²) >= 11 is 0. The molecule has 0 aliphatic heterocycles. The maximum Gasteiger partial charge on any atom is 0.413 e. The molecule has 29 heavy (non-hydrogen) atoms. The summed E-state index contributed by atoms with van der Waals surface area (Å²) in [5.74, 6) is 0.150. The lowest BCUT2D eigenvalue weighted by Crippen LogP contribution is -2.49. The van der Waals surface area contributed by atoms with E-state index in [1.54, 1.807) is 24.3 Å². The summed E-state index contributed by atoms with van der Waals surface area (Å²) in [5, 5.41) is 5.67. The predicted octanol–water partition coefficient (Wildman–Crippen LogP) is 4.26. The van der Waals surface area contributed by atoms with Gasteiger partial charge in [0, 0.05) is 6.42 Å². The van der Waals surface area contributed by atoms with Crippen molar-refractivity contribution in [2.45, 2.75) is 25.4 Å². The summed E-state index contributed by atoms with van der Waals surface area (Å²) in [5.41, 5.74) is 1.94. The Kier molecular flexibility index (Phi) is 7.00. The van der Waals surface area contributed by atoms with Crippen LogP contribution in [0.2, 0.25) is 0 Å². The molecule has 2 N–H and O–H groups in total. The maximum atomic E-state index is 12.9. The number of carbonyl (C=O) groups excluding carboxylic acids is 2. The van der Waals surface area contributed by atoms with Crippen molar-refractivity contribution in [1.29, 1.82) is 0 Å². The largest absolute Gasteiger partial charge is 0.413 e. The van der Waals surface area contributed by atoms with Crippen LogP contribution in [0, 0.1) is 0 Å². The van der Waals surface area contributed by atoms with Gasteiger partial charge in [0.1, 0.15) is 11.8 Å². The van der Waals surface area contributed by atoms with Crippen LogP contribution in [0.15, 0.2) is 91.0 Å². The summed E-state index contributed by atoms with van der Waals surface area (Å²) < 4.78 is 5.29. The van der Waals surface area contributed by atoms with Crippen LogP contribution in [0.1, 0.15) is 24.1 Å². The van der Waals surface area contributed by atoms with Gasteiger partial charge < -0.3 is 15.4 Å². The van der Waals surface area contributed by atoms with Crippen molar-refractivity contribution in [1.82, 2.24) is 10.6 Å². The van der Waals surface area contributed by atoms with Crippen molar-refractivity contribution in [2.24, 2.45) is 0 Å². The number of hydrogen-bond donors (Lipinski definition) is 2. The van der Waals surface area contributed by atoms with Gasteiger partial charge in [-0.1, -0.05) is 78.9 Å². The fraction of sp³-hybridized carbons (Fsp3) is 0.167. The summed E-state index contributed by atoms with van der Waals surface area (Å²) in [6.07, 6.45) is -0.308. The molecule has 0 saturated carbocycles. The minimum absolute atomic E-state index is 0.186. The minimum Gasteiger partial charge on any atom is -0.410 e. The molecule has 0 fully saturated rings. The fourth-order valence-corrected chi connectivity index (χ4v) is 2.97. The first kappa shape index (κ1) is 20.1. The highest BCUT2D eigenvalue weighted by atomic mass is 16.6. The number of benzene rings is 3. The molecular formula is C24H24N2O3. The van der Waals surface area contributed by atoms with E-state index in [0.29, 0.717) is 12.2 Å². The molecule has 0 heterocycles. The average Bonchev–Trinajstić information content (AvgIpc) is 2.75. The molecule has 3 aromatic rings. The lowest BCUT2D eigenvalue weighted by atomic mass is 10.0.